The normalized spacial score (nSPS) is 12.9. The number of nitrogens with one attached hydrogen (secondary N) is 1. The Labute approximate surface area is 121 Å². The van der Waals surface area contributed by atoms with E-state index in [9.17, 15) is 8.78 Å². The van der Waals surface area contributed by atoms with Crippen molar-refractivity contribution in [3.05, 3.63) is 35.4 Å². The summed E-state index contributed by atoms with van der Waals surface area (Å²) < 4.78 is 26.4. The monoisotopic (exact) mass is 284 g/mol. The van der Waals surface area contributed by atoms with Gasteiger partial charge in [-0.2, -0.15) is 0 Å². The van der Waals surface area contributed by atoms with Crippen molar-refractivity contribution < 1.29 is 8.78 Å². The molecule has 0 aliphatic carbocycles. The Morgan fingerprint density at radius 2 is 1.80 bits per heavy atom. The molecule has 0 saturated carbocycles. The maximum atomic E-state index is 13.4. The zero-order chi connectivity index (χ0) is 15.0. The second-order valence-electron chi connectivity index (χ2n) is 5.00. The molecular weight excluding hydrogens is 258 g/mol. The molecular formula is C16H26F2N2. The maximum absolute atomic E-state index is 13.4. The summed E-state index contributed by atoms with van der Waals surface area (Å²) in [6.45, 7) is 10.2. The highest BCUT2D eigenvalue weighted by Crippen LogP contribution is 2.20. The fourth-order valence-electron chi connectivity index (χ4n) is 2.29. The highest BCUT2D eigenvalue weighted by molar-refractivity contribution is 5.21. The van der Waals surface area contributed by atoms with Crippen molar-refractivity contribution in [1.82, 2.24) is 10.2 Å². The van der Waals surface area contributed by atoms with E-state index in [4.69, 9.17) is 0 Å². The number of halogens is 2. The van der Waals surface area contributed by atoms with Crippen LogP contribution in [0.3, 0.4) is 0 Å². The van der Waals surface area contributed by atoms with Gasteiger partial charge in [0.2, 0.25) is 0 Å². The van der Waals surface area contributed by atoms with Gasteiger partial charge >= 0.3 is 0 Å². The molecule has 0 aromatic heterocycles. The van der Waals surface area contributed by atoms with E-state index in [1.165, 1.54) is 12.1 Å². The fraction of sp³-hybridized carbons (Fsp3) is 0.625. The molecule has 0 heterocycles. The summed E-state index contributed by atoms with van der Waals surface area (Å²) in [4.78, 5) is 2.33. The third kappa shape index (κ3) is 5.17. The van der Waals surface area contributed by atoms with E-state index in [1.807, 2.05) is 0 Å². The van der Waals surface area contributed by atoms with E-state index >= 15 is 0 Å². The summed E-state index contributed by atoms with van der Waals surface area (Å²) in [6, 6.07) is 4.27. The number of nitrogens with zero attached hydrogens (tertiary/aromatic N) is 1. The molecule has 114 valence electrons. The van der Waals surface area contributed by atoms with E-state index in [2.05, 4.69) is 31.0 Å². The van der Waals surface area contributed by atoms with Crippen molar-refractivity contribution in [2.24, 2.45) is 0 Å². The van der Waals surface area contributed by atoms with E-state index in [1.54, 1.807) is 6.07 Å². The van der Waals surface area contributed by atoms with Crippen LogP contribution in [0, 0.1) is 11.6 Å². The van der Waals surface area contributed by atoms with Crippen LogP contribution in [0.15, 0.2) is 18.2 Å². The molecule has 1 atom stereocenters. The zero-order valence-electron chi connectivity index (χ0n) is 12.8. The SMILES string of the molecule is CCCNC(CCN(CC)CC)c1ccc(F)c(F)c1. The van der Waals surface area contributed by atoms with Crippen LogP contribution in [0.1, 0.15) is 45.2 Å². The minimum Gasteiger partial charge on any atom is -0.310 e. The van der Waals surface area contributed by atoms with E-state index in [0.717, 1.165) is 44.6 Å². The zero-order valence-corrected chi connectivity index (χ0v) is 12.8. The number of rotatable bonds is 9. The van der Waals surface area contributed by atoms with Crippen LogP contribution in [0.2, 0.25) is 0 Å². The Hall–Kier alpha value is -1.00. The molecule has 0 saturated heterocycles. The molecule has 0 bridgehead atoms. The van der Waals surface area contributed by atoms with Crippen molar-refractivity contribution >= 4 is 0 Å². The van der Waals surface area contributed by atoms with Gasteiger partial charge in [0.25, 0.3) is 0 Å². The summed E-state index contributed by atoms with van der Waals surface area (Å²) in [5.74, 6) is -1.56. The molecule has 0 radical (unpaired) electrons. The Morgan fingerprint density at radius 1 is 1.10 bits per heavy atom. The molecule has 0 fully saturated rings. The van der Waals surface area contributed by atoms with Gasteiger partial charge in [0.1, 0.15) is 0 Å². The van der Waals surface area contributed by atoms with E-state index in [0.29, 0.717) is 0 Å². The summed E-state index contributed by atoms with van der Waals surface area (Å²) in [5, 5.41) is 3.42. The van der Waals surface area contributed by atoms with Crippen LogP contribution in [0.4, 0.5) is 8.78 Å². The maximum Gasteiger partial charge on any atom is 0.159 e. The Kier molecular flexibility index (Phi) is 7.70. The van der Waals surface area contributed by atoms with Crippen molar-refractivity contribution in [2.45, 2.75) is 39.7 Å². The second-order valence-corrected chi connectivity index (χ2v) is 5.00. The van der Waals surface area contributed by atoms with Gasteiger partial charge in [0, 0.05) is 6.04 Å². The van der Waals surface area contributed by atoms with E-state index in [-0.39, 0.29) is 6.04 Å². The number of benzene rings is 1. The van der Waals surface area contributed by atoms with Gasteiger partial charge < -0.3 is 10.2 Å². The molecule has 0 aliphatic heterocycles. The fourth-order valence-corrected chi connectivity index (χ4v) is 2.29. The second kappa shape index (κ2) is 9.03. The molecule has 0 amide bonds. The molecule has 1 N–H and O–H groups in total. The Bertz CT molecular complexity index is 392. The largest absolute Gasteiger partial charge is 0.310 e. The highest BCUT2D eigenvalue weighted by Gasteiger charge is 2.14. The van der Waals surface area contributed by atoms with Gasteiger partial charge in [-0.15, -0.1) is 0 Å². The molecule has 4 heteroatoms. The minimum atomic E-state index is -0.785. The van der Waals surface area contributed by atoms with Crippen LogP contribution < -0.4 is 5.32 Å². The average molecular weight is 284 g/mol. The first-order valence-corrected chi connectivity index (χ1v) is 7.53. The van der Waals surface area contributed by atoms with Gasteiger partial charge in [0.05, 0.1) is 0 Å². The first-order valence-electron chi connectivity index (χ1n) is 7.53. The first-order chi connectivity index (χ1) is 9.62. The molecule has 2 nitrogen and oxygen atoms in total. The van der Waals surface area contributed by atoms with Crippen LogP contribution in [0.25, 0.3) is 0 Å². The van der Waals surface area contributed by atoms with Crippen LogP contribution in [-0.2, 0) is 0 Å². The van der Waals surface area contributed by atoms with Gasteiger partial charge in [-0.1, -0.05) is 26.8 Å². The summed E-state index contributed by atoms with van der Waals surface area (Å²) in [6.07, 6.45) is 1.91. The standard InChI is InChI=1S/C16H26F2N2/c1-4-10-19-16(9-11-20(5-2)6-3)13-7-8-14(17)15(18)12-13/h7-8,12,16,19H,4-6,9-11H2,1-3H3. The number of hydrogen-bond acceptors (Lipinski definition) is 2. The first kappa shape index (κ1) is 17.1. The van der Waals surface area contributed by atoms with Crippen LogP contribution in [0.5, 0.6) is 0 Å². The van der Waals surface area contributed by atoms with Gasteiger partial charge in [0.15, 0.2) is 11.6 Å². The van der Waals surface area contributed by atoms with Crippen molar-refractivity contribution in [3.63, 3.8) is 0 Å². The lowest BCUT2D eigenvalue weighted by atomic mass is 10.0. The summed E-state index contributed by atoms with van der Waals surface area (Å²) in [7, 11) is 0. The van der Waals surface area contributed by atoms with Crippen LogP contribution in [-0.4, -0.2) is 31.1 Å². The third-order valence-electron chi connectivity index (χ3n) is 3.62. The highest BCUT2D eigenvalue weighted by atomic mass is 19.2. The lowest BCUT2D eigenvalue weighted by molar-refractivity contribution is 0.281. The molecule has 0 aliphatic rings. The van der Waals surface area contributed by atoms with Crippen molar-refractivity contribution in [1.29, 1.82) is 0 Å². The predicted octanol–water partition coefficient (Wildman–Crippen LogP) is 3.74. The van der Waals surface area contributed by atoms with Crippen molar-refractivity contribution in [3.8, 4) is 0 Å². The lowest BCUT2D eigenvalue weighted by Gasteiger charge is -2.24. The predicted molar refractivity (Wildman–Crippen MR) is 79.8 cm³/mol. The summed E-state index contributed by atoms with van der Waals surface area (Å²) in [5.41, 5.74) is 0.824. The number of hydrogen-bond donors (Lipinski definition) is 1. The molecule has 1 unspecified atom stereocenters. The quantitative estimate of drug-likeness (QED) is 0.743. The third-order valence-corrected chi connectivity index (χ3v) is 3.62. The van der Waals surface area contributed by atoms with Crippen molar-refractivity contribution in [2.75, 3.05) is 26.2 Å². The van der Waals surface area contributed by atoms with Gasteiger partial charge in [-0.25, -0.2) is 8.78 Å². The topological polar surface area (TPSA) is 15.3 Å². The molecule has 1 aromatic carbocycles. The molecule has 20 heavy (non-hydrogen) atoms. The Morgan fingerprint density at radius 3 is 2.35 bits per heavy atom. The minimum absolute atomic E-state index is 0.0747. The smallest absolute Gasteiger partial charge is 0.159 e. The average Bonchev–Trinajstić information content (AvgIpc) is 2.46. The molecule has 0 spiro atoms. The summed E-state index contributed by atoms with van der Waals surface area (Å²) >= 11 is 0. The lowest BCUT2D eigenvalue weighted by Crippen LogP contribution is -2.30. The van der Waals surface area contributed by atoms with Gasteiger partial charge in [-0.05, 0) is 56.7 Å². The van der Waals surface area contributed by atoms with Crippen LogP contribution >= 0.6 is 0 Å². The van der Waals surface area contributed by atoms with E-state index < -0.39 is 11.6 Å². The molecule has 1 rings (SSSR count). The van der Waals surface area contributed by atoms with Gasteiger partial charge in [-0.3, -0.25) is 0 Å². The Balaban J connectivity index is 2.74. The molecule has 1 aromatic rings.